The van der Waals surface area contributed by atoms with Crippen LogP contribution in [0.4, 0.5) is 0 Å². The van der Waals surface area contributed by atoms with E-state index >= 15 is 0 Å². The van der Waals surface area contributed by atoms with E-state index in [0.29, 0.717) is 12.1 Å². The zero-order valence-electron chi connectivity index (χ0n) is 11.5. The van der Waals surface area contributed by atoms with Gasteiger partial charge in [0.05, 0.1) is 5.92 Å². The number of aryl methyl sites for hydroxylation is 1. The number of rotatable bonds is 4. The van der Waals surface area contributed by atoms with Crippen LogP contribution in [0.2, 0.25) is 0 Å². The van der Waals surface area contributed by atoms with E-state index in [-0.39, 0.29) is 12.0 Å². The molecule has 0 spiro atoms. The van der Waals surface area contributed by atoms with Crippen LogP contribution in [-0.4, -0.2) is 28.1 Å². The number of nitrogens with zero attached hydrogens (tertiary/aromatic N) is 1. The highest BCUT2D eigenvalue weighted by molar-refractivity contribution is 7.12. The highest BCUT2D eigenvalue weighted by Gasteiger charge is 2.51. The molecule has 1 N–H and O–H groups in total. The van der Waals surface area contributed by atoms with Crippen LogP contribution in [-0.2, 0) is 11.2 Å². The lowest BCUT2D eigenvalue weighted by Crippen LogP contribution is -2.34. The third-order valence-electron chi connectivity index (χ3n) is 4.80. The smallest absolute Gasteiger partial charge is 0.308 e. The van der Waals surface area contributed by atoms with Crippen molar-refractivity contribution in [3.8, 4) is 0 Å². The summed E-state index contributed by atoms with van der Waals surface area (Å²) in [7, 11) is 0. The van der Waals surface area contributed by atoms with Crippen LogP contribution in [0.25, 0.3) is 0 Å². The fourth-order valence-corrected chi connectivity index (χ4v) is 4.87. The van der Waals surface area contributed by atoms with Crippen molar-refractivity contribution in [2.24, 2.45) is 5.92 Å². The van der Waals surface area contributed by atoms with Crippen molar-refractivity contribution in [2.45, 2.75) is 57.7 Å². The molecule has 19 heavy (non-hydrogen) atoms. The predicted octanol–water partition coefficient (Wildman–Crippen LogP) is 3.31. The molecule has 0 amide bonds. The summed E-state index contributed by atoms with van der Waals surface area (Å²) in [6.45, 7) is 4.42. The Hall–Kier alpha value is -0.870. The molecular weight excluding hydrogens is 258 g/mol. The lowest BCUT2D eigenvalue weighted by molar-refractivity contribution is -0.142. The first-order valence-electron chi connectivity index (χ1n) is 7.20. The number of hydrogen-bond donors (Lipinski definition) is 1. The number of fused-ring (bicyclic) bond motifs is 2. The van der Waals surface area contributed by atoms with Crippen molar-refractivity contribution in [2.75, 3.05) is 0 Å². The van der Waals surface area contributed by atoms with E-state index in [1.807, 2.05) is 11.3 Å². The fourth-order valence-electron chi connectivity index (χ4n) is 3.86. The Morgan fingerprint density at radius 2 is 2.32 bits per heavy atom. The van der Waals surface area contributed by atoms with Crippen LogP contribution in [0.3, 0.4) is 0 Å². The molecule has 0 saturated carbocycles. The Morgan fingerprint density at radius 3 is 2.89 bits per heavy atom. The monoisotopic (exact) mass is 279 g/mol. The van der Waals surface area contributed by atoms with Gasteiger partial charge in [0, 0.05) is 27.9 Å². The summed E-state index contributed by atoms with van der Waals surface area (Å²) in [6.07, 6.45) is 4.15. The van der Waals surface area contributed by atoms with Crippen molar-refractivity contribution in [1.29, 1.82) is 0 Å². The molecule has 1 aromatic heterocycles. The van der Waals surface area contributed by atoms with Gasteiger partial charge in [-0.3, -0.25) is 9.69 Å². The maximum atomic E-state index is 11.3. The number of hydrogen-bond acceptors (Lipinski definition) is 3. The summed E-state index contributed by atoms with van der Waals surface area (Å²) in [5.74, 6) is -0.753. The molecular formula is C15H21NO2S. The van der Waals surface area contributed by atoms with Gasteiger partial charge in [0.15, 0.2) is 0 Å². The summed E-state index contributed by atoms with van der Waals surface area (Å²) in [5.41, 5.74) is 0. The minimum absolute atomic E-state index is 0.146. The molecule has 2 bridgehead atoms. The Morgan fingerprint density at radius 1 is 1.53 bits per heavy atom. The van der Waals surface area contributed by atoms with Crippen LogP contribution in [0.15, 0.2) is 12.1 Å². The van der Waals surface area contributed by atoms with Gasteiger partial charge in [-0.25, -0.2) is 0 Å². The number of carbonyl (C=O) groups is 1. The molecule has 2 aliphatic rings. The van der Waals surface area contributed by atoms with E-state index in [1.54, 1.807) is 0 Å². The standard InChI is InChI=1S/C15H21NO2S/c1-3-11-5-7-14(19-11)9(2)16-10-4-6-13(16)12(8-10)15(17)18/h5,7,9-10,12-13H,3-4,6,8H2,1-2H3,(H,17,18). The van der Waals surface area contributed by atoms with Crippen molar-refractivity contribution in [3.05, 3.63) is 21.9 Å². The van der Waals surface area contributed by atoms with Crippen LogP contribution in [0, 0.1) is 5.92 Å². The first kappa shape index (κ1) is 13.1. The number of carboxylic acid groups (broad SMARTS) is 1. The molecule has 0 aromatic carbocycles. The van der Waals surface area contributed by atoms with Crippen LogP contribution in [0.5, 0.6) is 0 Å². The first-order valence-corrected chi connectivity index (χ1v) is 8.02. The van der Waals surface area contributed by atoms with Gasteiger partial charge < -0.3 is 5.11 Å². The topological polar surface area (TPSA) is 40.5 Å². The van der Waals surface area contributed by atoms with E-state index in [9.17, 15) is 9.90 Å². The van der Waals surface area contributed by atoms with Gasteiger partial charge in [0.1, 0.15) is 0 Å². The Balaban J connectivity index is 1.81. The molecule has 4 heteroatoms. The van der Waals surface area contributed by atoms with Gasteiger partial charge in [-0.15, -0.1) is 11.3 Å². The maximum Gasteiger partial charge on any atom is 0.308 e. The zero-order valence-corrected chi connectivity index (χ0v) is 12.3. The minimum Gasteiger partial charge on any atom is -0.481 e. The Labute approximate surface area is 118 Å². The van der Waals surface area contributed by atoms with Gasteiger partial charge in [-0.05, 0) is 44.7 Å². The number of carboxylic acids is 1. The second-order valence-corrected chi connectivity index (χ2v) is 6.96. The van der Waals surface area contributed by atoms with Gasteiger partial charge in [0.25, 0.3) is 0 Å². The summed E-state index contributed by atoms with van der Waals surface area (Å²) in [6, 6.07) is 5.54. The first-order chi connectivity index (χ1) is 9.11. The molecule has 1 aromatic rings. The average molecular weight is 279 g/mol. The molecule has 3 heterocycles. The quantitative estimate of drug-likeness (QED) is 0.919. The van der Waals surface area contributed by atoms with E-state index in [1.165, 1.54) is 16.2 Å². The van der Waals surface area contributed by atoms with E-state index in [0.717, 1.165) is 19.3 Å². The van der Waals surface area contributed by atoms with E-state index in [4.69, 9.17) is 0 Å². The Bertz CT molecular complexity index is 484. The molecule has 4 unspecified atom stereocenters. The van der Waals surface area contributed by atoms with Gasteiger partial charge in [-0.1, -0.05) is 6.92 Å². The summed E-state index contributed by atoms with van der Waals surface area (Å²) < 4.78 is 0. The van der Waals surface area contributed by atoms with Gasteiger partial charge in [0.2, 0.25) is 0 Å². The second-order valence-electron chi connectivity index (χ2n) is 5.76. The lowest BCUT2D eigenvalue weighted by atomic mass is 9.89. The van der Waals surface area contributed by atoms with Crippen molar-refractivity contribution in [3.63, 3.8) is 0 Å². The lowest BCUT2D eigenvalue weighted by Gasteiger charge is -2.29. The second kappa shape index (κ2) is 4.91. The highest BCUT2D eigenvalue weighted by atomic mass is 32.1. The van der Waals surface area contributed by atoms with Crippen molar-refractivity contribution < 1.29 is 9.90 Å². The SMILES string of the molecule is CCc1ccc(C(C)N2C3CCC2C(C(=O)O)C3)s1. The normalized spacial score (nSPS) is 31.8. The predicted molar refractivity (Wildman–Crippen MR) is 76.5 cm³/mol. The third kappa shape index (κ3) is 2.11. The minimum atomic E-state index is -0.607. The Kier molecular flexibility index (Phi) is 3.39. The van der Waals surface area contributed by atoms with Crippen molar-refractivity contribution in [1.82, 2.24) is 4.90 Å². The van der Waals surface area contributed by atoms with E-state index < -0.39 is 5.97 Å². The zero-order chi connectivity index (χ0) is 13.6. The van der Waals surface area contributed by atoms with Gasteiger partial charge in [-0.2, -0.15) is 0 Å². The molecule has 2 fully saturated rings. The third-order valence-corrected chi connectivity index (χ3v) is 6.20. The van der Waals surface area contributed by atoms with Crippen LogP contribution in [0.1, 0.15) is 48.9 Å². The van der Waals surface area contributed by atoms with Gasteiger partial charge >= 0.3 is 5.97 Å². The number of thiophene rings is 1. The highest BCUT2D eigenvalue weighted by Crippen LogP contribution is 2.47. The molecule has 4 atom stereocenters. The average Bonchev–Trinajstić information content (AvgIpc) is 3.11. The van der Waals surface area contributed by atoms with Crippen LogP contribution < -0.4 is 0 Å². The summed E-state index contributed by atoms with van der Waals surface area (Å²) in [4.78, 5) is 16.6. The molecule has 2 saturated heterocycles. The maximum absolute atomic E-state index is 11.3. The summed E-state index contributed by atoms with van der Waals surface area (Å²) >= 11 is 1.88. The largest absolute Gasteiger partial charge is 0.481 e. The molecule has 3 nitrogen and oxygen atoms in total. The molecule has 104 valence electrons. The van der Waals surface area contributed by atoms with Crippen molar-refractivity contribution >= 4 is 17.3 Å². The molecule has 0 aliphatic carbocycles. The molecule has 2 aliphatic heterocycles. The summed E-state index contributed by atoms with van der Waals surface area (Å²) in [5, 5.41) is 9.32. The fraction of sp³-hybridized carbons (Fsp3) is 0.667. The van der Waals surface area contributed by atoms with Crippen LogP contribution >= 0.6 is 11.3 Å². The molecule has 3 rings (SSSR count). The molecule has 0 radical (unpaired) electrons. The number of aliphatic carboxylic acids is 1. The van der Waals surface area contributed by atoms with E-state index in [2.05, 4.69) is 30.9 Å².